The topological polar surface area (TPSA) is 49.4 Å². The van der Waals surface area contributed by atoms with Crippen LogP contribution in [0.2, 0.25) is 0 Å². The van der Waals surface area contributed by atoms with Crippen molar-refractivity contribution in [3.8, 4) is 0 Å². The highest BCUT2D eigenvalue weighted by molar-refractivity contribution is 6.13. The molecule has 0 bridgehead atoms. The van der Waals surface area contributed by atoms with Crippen molar-refractivity contribution in [1.82, 2.24) is 0 Å². The molecule has 25 heavy (non-hydrogen) atoms. The second-order valence-corrected chi connectivity index (χ2v) is 6.55. The van der Waals surface area contributed by atoms with Crippen molar-refractivity contribution in [2.75, 3.05) is 16.8 Å². The van der Waals surface area contributed by atoms with Gasteiger partial charge >= 0.3 is 0 Å². The van der Waals surface area contributed by atoms with E-state index in [9.17, 15) is 14.0 Å². The molecule has 1 saturated heterocycles. The van der Waals surface area contributed by atoms with Gasteiger partial charge in [-0.1, -0.05) is 12.1 Å². The maximum Gasteiger partial charge on any atom is 0.239 e. The van der Waals surface area contributed by atoms with E-state index in [-0.39, 0.29) is 17.6 Å². The number of anilines is 2. The predicted octanol–water partition coefficient (Wildman–Crippen LogP) is 3.74. The van der Waals surface area contributed by atoms with Gasteiger partial charge in [-0.05, 0) is 68.1 Å². The molecule has 0 aromatic heterocycles. The maximum atomic E-state index is 13.8. The molecule has 2 aromatic rings. The van der Waals surface area contributed by atoms with Crippen LogP contribution in [0.15, 0.2) is 36.4 Å². The number of rotatable bonds is 3. The van der Waals surface area contributed by atoms with Gasteiger partial charge in [-0.15, -0.1) is 0 Å². The molecular formula is C20H21FN2O2. The van der Waals surface area contributed by atoms with Crippen LogP contribution in [0.1, 0.15) is 23.1 Å². The Morgan fingerprint density at radius 1 is 1.08 bits per heavy atom. The minimum atomic E-state index is -0.744. The van der Waals surface area contributed by atoms with Crippen LogP contribution in [0, 0.1) is 32.5 Å². The fraction of sp³-hybridized carbons (Fsp3) is 0.300. The number of amides is 2. The van der Waals surface area contributed by atoms with Crippen LogP contribution in [0.5, 0.6) is 0 Å². The molecule has 3 rings (SSSR count). The van der Waals surface area contributed by atoms with Crippen molar-refractivity contribution in [3.63, 3.8) is 0 Å². The summed E-state index contributed by atoms with van der Waals surface area (Å²) in [5.41, 5.74) is 3.92. The Morgan fingerprint density at radius 3 is 2.48 bits per heavy atom. The van der Waals surface area contributed by atoms with E-state index in [2.05, 4.69) is 5.32 Å². The summed E-state index contributed by atoms with van der Waals surface area (Å²) in [5.74, 6) is -1.70. The fourth-order valence-corrected chi connectivity index (χ4v) is 2.98. The number of hydrogen-bond donors (Lipinski definition) is 1. The van der Waals surface area contributed by atoms with Gasteiger partial charge in [0.2, 0.25) is 11.8 Å². The maximum absolute atomic E-state index is 13.8. The first-order valence-electron chi connectivity index (χ1n) is 8.32. The smallest absolute Gasteiger partial charge is 0.239 e. The summed E-state index contributed by atoms with van der Waals surface area (Å²) in [5, 5.41) is 2.81. The lowest BCUT2D eigenvalue weighted by molar-refractivity contribution is -0.129. The minimum absolute atomic E-state index is 0.287. The standard InChI is InChI=1S/C20H21FN2O2/c1-12-4-6-15(10-14(12)3)22-19(24)17-8-9-23(20(17)25)16-7-5-13(2)18(21)11-16/h4-7,10-11,17H,8-9H2,1-3H3,(H,22,24). The van der Waals surface area contributed by atoms with E-state index in [1.807, 2.05) is 32.0 Å². The van der Waals surface area contributed by atoms with E-state index in [0.29, 0.717) is 29.9 Å². The predicted molar refractivity (Wildman–Crippen MR) is 96.1 cm³/mol. The van der Waals surface area contributed by atoms with Gasteiger partial charge in [0, 0.05) is 17.9 Å². The second-order valence-electron chi connectivity index (χ2n) is 6.55. The molecule has 5 heteroatoms. The number of carbonyl (C=O) groups is 2. The van der Waals surface area contributed by atoms with Crippen molar-refractivity contribution in [2.24, 2.45) is 5.92 Å². The van der Waals surface area contributed by atoms with Crippen LogP contribution >= 0.6 is 0 Å². The fourth-order valence-electron chi connectivity index (χ4n) is 2.98. The average Bonchev–Trinajstić information content (AvgIpc) is 2.95. The van der Waals surface area contributed by atoms with Crippen LogP contribution in [-0.2, 0) is 9.59 Å². The zero-order valence-corrected chi connectivity index (χ0v) is 14.6. The van der Waals surface area contributed by atoms with E-state index < -0.39 is 5.92 Å². The molecule has 0 aliphatic carbocycles. The lowest BCUT2D eigenvalue weighted by Gasteiger charge is -2.17. The van der Waals surface area contributed by atoms with Crippen molar-refractivity contribution in [2.45, 2.75) is 27.2 Å². The van der Waals surface area contributed by atoms with Gasteiger partial charge < -0.3 is 10.2 Å². The van der Waals surface area contributed by atoms with Crippen LogP contribution in [-0.4, -0.2) is 18.4 Å². The number of carbonyl (C=O) groups excluding carboxylic acids is 2. The highest BCUT2D eigenvalue weighted by Gasteiger charge is 2.37. The quantitative estimate of drug-likeness (QED) is 0.865. The molecule has 4 nitrogen and oxygen atoms in total. The third-order valence-electron chi connectivity index (χ3n) is 4.76. The van der Waals surface area contributed by atoms with Crippen LogP contribution in [0.4, 0.5) is 15.8 Å². The van der Waals surface area contributed by atoms with E-state index in [1.165, 1.54) is 11.0 Å². The van der Waals surface area contributed by atoms with Crippen molar-refractivity contribution >= 4 is 23.2 Å². The highest BCUT2D eigenvalue weighted by atomic mass is 19.1. The van der Waals surface area contributed by atoms with Crippen molar-refractivity contribution in [3.05, 3.63) is 58.9 Å². The van der Waals surface area contributed by atoms with Gasteiger partial charge in [0.25, 0.3) is 0 Å². The highest BCUT2D eigenvalue weighted by Crippen LogP contribution is 2.27. The van der Waals surface area contributed by atoms with Crippen molar-refractivity contribution < 1.29 is 14.0 Å². The van der Waals surface area contributed by atoms with Gasteiger partial charge in [0.15, 0.2) is 0 Å². The third kappa shape index (κ3) is 3.40. The summed E-state index contributed by atoms with van der Waals surface area (Å²) in [6.45, 7) is 6.05. The molecular weight excluding hydrogens is 319 g/mol. The molecule has 1 N–H and O–H groups in total. The van der Waals surface area contributed by atoms with Gasteiger partial charge in [-0.3, -0.25) is 9.59 Å². The molecule has 1 heterocycles. The summed E-state index contributed by atoms with van der Waals surface area (Å²) in [6.07, 6.45) is 0.422. The Morgan fingerprint density at radius 2 is 1.80 bits per heavy atom. The second kappa shape index (κ2) is 6.67. The van der Waals surface area contributed by atoms with E-state index in [4.69, 9.17) is 0 Å². The Labute approximate surface area is 146 Å². The summed E-state index contributed by atoms with van der Waals surface area (Å²) in [7, 11) is 0. The molecule has 2 aromatic carbocycles. The lowest BCUT2D eigenvalue weighted by Crippen LogP contribution is -2.33. The van der Waals surface area contributed by atoms with Crippen LogP contribution in [0.25, 0.3) is 0 Å². The van der Waals surface area contributed by atoms with Crippen LogP contribution in [0.3, 0.4) is 0 Å². The Bertz CT molecular complexity index is 848. The zero-order valence-electron chi connectivity index (χ0n) is 14.6. The minimum Gasteiger partial charge on any atom is -0.325 e. The molecule has 1 aliphatic rings. The van der Waals surface area contributed by atoms with Gasteiger partial charge in [0.1, 0.15) is 11.7 Å². The first-order valence-corrected chi connectivity index (χ1v) is 8.32. The van der Waals surface area contributed by atoms with E-state index >= 15 is 0 Å². The van der Waals surface area contributed by atoms with Gasteiger partial charge in [-0.25, -0.2) is 4.39 Å². The molecule has 1 atom stereocenters. The largest absolute Gasteiger partial charge is 0.325 e. The SMILES string of the molecule is Cc1ccc(NC(=O)C2CCN(c3ccc(C)c(F)c3)C2=O)cc1C. The molecule has 2 amide bonds. The molecule has 0 saturated carbocycles. The summed E-state index contributed by atoms with van der Waals surface area (Å²) < 4.78 is 13.8. The van der Waals surface area contributed by atoms with E-state index in [1.54, 1.807) is 19.1 Å². The number of nitrogens with one attached hydrogen (secondary N) is 1. The normalized spacial score (nSPS) is 17.0. The monoisotopic (exact) mass is 340 g/mol. The molecule has 1 aliphatic heterocycles. The first-order chi connectivity index (χ1) is 11.9. The molecule has 0 radical (unpaired) electrons. The number of benzene rings is 2. The zero-order chi connectivity index (χ0) is 18.1. The lowest BCUT2D eigenvalue weighted by atomic mass is 10.1. The third-order valence-corrected chi connectivity index (χ3v) is 4.76. The van der Waals surface area contributed by atoms with E-state index in [0.717, 1.165) is 11.1 Å². The Hall–Kier alpha value is -2.69. The molecule has 0 spiro atoms. The summed E-state index contributed by atoms with van der Waals surface area (Å²) in [6, 6.07) is 10.3. The molecule has 1 fully saturated rings. The summed E-state index contributed by atoms with van der Waals surface area (Å²) >= 11 is 0. The van der Waals surface area contributed by atoms with Crippen LogP contribution < -0.4 is 10.2 Å². The molecule has 130 valence electrons. The number of nitrogens with zero attached hydrogens (tertiary/aromatic N) is 1. The molecule has 1 unspecified atom stereocenters. The number of halogens is 1. The van der Waals surface area contributed by atoms with Gasteiger partial charge in [-0.2, -0.15) is 0 Å². The van der Waals surface area contributed by atoms with Gasteiger partial charge in [0.05, 0.1) is 0 Å². The average molecular weight is 340 g/mol. The number of aryl methyl sites for hydroxylation is 3. The number of hydrogen-bond acceptors (Lipinski definition) is 2. The Balaban J connectivity index is 1.73. The first kappa shape index (κ1) is 17.1. The Kier molecular flexibility index (Phi) is 4.57. The summed E-state index contributed by atoms with van der Waals surface area (Å²) in [4.78, 5) is 26.6. The van der Waals surface area contributed by atoms with Crippen molar-refractivity contribution in [1.29, 1.82) is 0 Å².